The molecule has 468 valence electrons. The summed E-state index contributed by atoms with van der Waals surface area (Å²) in [6.45, 7) is 6.32. The van der Waals surface area contributed by atoms with E-state index in [1.807, 2.05) is 46.2 Å². The Kier molecular flexibility index (Phi) is 20.5. The number of piperidine rings is 1. The molecule has 11 rings (SSSR count). The summed E-state index contributed by atoms with van der Waals surface area (Å²) in [5.41, 5.74) is 4.57. The van der Waals surface area contributed by atoms with E-state index >= 15 is 4.39 Å². The van der Waals surface area contributed by atoms with Crippen LogP contribution in [-0.4, -0.2) is 178 Å². The lowest BCUT2D eigenvalue weighted by Gasteiger charge is -2.33. The fourth-order valence-electron chi connectivity index (χ4n) is 10.9. The van der Waals surface area contributed by atoms with Gasteiger partial charge >= 0.3 is 5.97 Å². The second-order valence-corrected chi connectivity index (χ2v) is 23.6. The van der Waals surface area contributed by atoms with E-state index in [0.717, 1.165) is 26.2 Å². The van der Waals surface area contributed by atoms with Crippen LogP contribution in [0.15, 0.2) is 85.1 Å². The smallest absolute Gasteiger partial charge is 0.355 e. The van der Waals surface area contributed by atoms with E-state index in [1.54, 1.807) is 41.2 Å². The van der Waals surface area contributed by atoms with Gasteiger partial charge in [-0.2, -0.15) is 0 Å². The zero-order valence-electron chi connectivity index (χ0n) is 49.0. The highest BCUT2D eigenvalue weighted by Crippen LogP contribution is 2.36. The number of benzene rings is 4. The number of nitrogens with one attached hydrogen (secondary N) is 2. The molecule has 0 aliphatic carbocycles. The van der Waals surface area contributed by atoms with Crippen LogP contribution < -0.4 is 25.0 Å². The normalized spacial score (nSPS) is 15.8. The number of carboxylic acid groups (broad SMARTS) is 1. The summed E-state index contributed by atoms with van der Waals surface area (Å²) >= 11 is 2.71. The number of carbonyl (C=O) groups excluding carboxylic acids is 6. The van der Waals surface area contributed by atoms with Crippen LogP contribution in [0.4, 0.5) is 14.7 Å². The Balaban J connectivity index is 0.524. The highest BCUT2D eigenvalue weighted by atomic mass is 32.1. The Morgan fingerprint density at radius 2 is 1.59 bits per heavy atom. The minimum absolute atomic E-state index is 0.0287. The zero-order chi connectivity index (χ0) is 62.5. The highest BCUT2D eigenvalue weighted by Gasteiger charge is 2.46. The van der Waals surface area contributed by atoms with Crippen molar-refractivity contribution >= 4 is 84.6 Å². The molecule has 24 nitrogen and oxygen atoms in total. The number of fused-ring (bicyclic) bond motifs is 3. The van der Waals surface area contributed by atoms with E-state index < -0.39 is 41.5 Å². The number of carbonyl (C=O) groups is 7. The molecule has 2 saturated heterocycles. The molecule has 27 heteroatoms. The number of anilines is 2. The number of aryl methyl sites for hydroxylation is 2. The Morgan fingerprint density at radius 1 is 0.800 bits per heavy atom. The maximum Gasteiger partial charge on any atom is 0.355 e. The second kappa shape index (κ2) is 29.5. The van der Waals surface area contributed by atoms with Crippen LogP contribution in [0.2, 0.25) is 0 Å². The van der Waals surface area contributed by atoms with Crippen molar-refractivity contribution in [3.63, 3.8) is 0 Å². The predicted octanol–water partition coefficient (Wildman–Crippen LogP) is 6.01. The minimum Gasteiger partial charge on any atom is -0.491 e. The molecule has 1 unspecified atom stereocenters. The lowest BCUT2D eigenvalue weighted by molar-refractivity contribution is -0.136. The summed E-state index contributed by atoms with van der Waals surface area (Å²) in [6.07, 6.45) is 4.26. The molecule has 7 heterocycles. The van der Waals surface area contributed by atoms with Crippen LogP contribution in [-0.2, 0) is 61.1 Å². The molecular weight excluding hydrogens is 1200 g/mol. The zero-order valence-corrected chi connectivity index (χ0v) is 50.6. The molecule has 6 amide bonds. The van der Waals surface area contributed by atoms with Gasteiger partial charge in [-0.3, -0.25) is 53.9 Å². The lowest BCUT2D eigenvalue weighted by atomic mass is 9.94. The number of thiazole rings is 2. The number of piperazine rings is 1. The van der Waals surface area contributed by atoms with E-state index in [9.17, 15) is 38.7 Å². The number of halogens is 1. The summed E-state index contributed by atoms with van der Waals surface area (Å²) in [5.74, 6) is 2.16. The monoisotopic (exact) mass is 1270 g/mol. The van der Waals surface area contributed by atoms with Crippen molar-refractivity contribution in [3.8, 4) is 23.3 Å². The Morgan fingerprint density at radius 3 is 2.39 bits per heavy atom. The number of aromatic nitrogens is 5. The SMILES string of the molecule is O=C1CCC(N2C(=O)c3cccc(OCCOCCOCCOCc4cn(CCCC(=O)N5CCN(CC#Cc6ccc(OCCCc7sc(N8CCc9cccc(C(=O)Nc%10nc%11ccccc%11s%10)c9C8)nc7C(=O)O)c(F)c6)CC5)nn4)c3C2=O)C(=O)N1. The van der Waals surface area contributed by atoms with Crippen LogP contribution in [0.3, 0.4) is 0 Å². The molecule has 2 fully saturated rings. The van der Waals surface area contributed by atoms with E-state index in [0.29, 0.717) is 136 Å². The first-order valence-electron chi connectivity index (χ1n) is 29.6. The molecule has 0 bridgehead atoms. The molecule has 7 aromatic rings. The summed E-state index contributed by atoms with van der Waals surface area (Å²) < 4.78 is 46.3. The van der Waals surface area contributed by atoms with E-state index in [2.05, 4.69) is 47.7 Å². The molecule has 90 heavy (non-hydrogen) atoms. The maximum absolute atomic E-state index is 15.2. The molecule has 3 aromatic heterocycles. The quantitative estimate of drug-likeness (QED) is 0.0302. The molecule has 0 spiro atoms. The number of ether oxygens (including phenoxy) is 5. The molecular formula is C63H64FN11O13S2. The van der Waals surface area contributed by atoms with Gasteiger partial charge in [0.2, 0.25) is 17.7 Å². The first kappa shape index (κ1) is 62.6. The number of hydrogen-bond donors (Lipinski definition) is 3. The Bertz CT molecular complexity index is 3860. The van der Waals surface area contributed by atoms with Crippen LogP contribution in [0.25, 0.3) is 10.2 Å². The topological polar surface area (TPSA) is 279 Å². The van der Waals surface area contributed by atoms with E-state index in [1.165, 1.54) is 34.8 Å². The number of rotatable bonds is 27. The Hall–Kier alpha value is -9.04. The minimum atomic E-state index is -1.14. The van der Waals surface area contributed by atoms with Gasteiger partial charge in [-0.15, -0.1) is 16.4 Å². The van der Waals surface area contributed by atoms with E-state index in [-0.39, 0.29) is 86.0 Å². The molecule has 3 N–H and O–H groups in total. The molecule has 4 aliphatic heterocycles. The van der Waals surface area contributed by atoms with Gasteiger partial charge in [0.15, 0.2) is 27.5 Å². The predicted molar refractivity (Wildman–Crippen MR) is 327 cm³/mol. The van der Waals surface area contributed by atoms with Gasteiger partial charge in [0.1, 0.15) is 24.1 Å². The van der Waals surface area contributed by atoms with Crippen molar-refractivity contribution in [3.05, 3.63) is 141 Å². The number of carboxylic acids is 1. The molecule has 1 atom stereocenters. The van der Waals surface area contributed by atoms with Gasteiger partial charge in [0.25, 0.3) is 17.7 Å². The standard InChI is InChI=1S/C63H64FN11O13S2/c64-46-36-40(17-19-49(46)87-29-7-15-52-56(61(82)83)67-63(90-52)73-24-21-41-9-3-10-43(45(41)38-73)57(78)68-62-65-47-12-1-2-14-51(47)89-62)8-5-22-71-25-27-72(28-26-71)54(77)16-6-23-74-37-42(69-70-74)39-86-33-32-84-30-31-85-34-35-88-50-13-4-11-44-55(50)60(81)75(59(44)80)48-18-20-53(76)66-58(48)79/h1-4,9-14,17,19,36-37,48H,6-7,15-16,18,20-35,38-39H2,(H,82,83)(H,65,68,78)(H,66,76,79). The molecule has 0 radical (unpaired) electrons. The average molecular weight is 1270 g/mol. The lowest BCUT2D eigenvalue weighted by Crippen LogP contribution is -2.54. The van der Waals surface area contributed by atoms with Crippen LogP contribution in [0, 0.1) is 17.7 Å². The number of nitrogens with zero attached hydrogens (tertiary/aromatic N) is 9. The number of para-hydroxylation sites is 1. The summed E-state index contributed by atoms with van der Waals surface area (Å²) in [5, 5.41) is 24.6. The summed E-state index contributed by atoms with van der Waals surface area (Å²) in [7, 11) is 0. The molecule has 4 aromatic carbocycles. The first-order chi connectivity index (χ1) is 43.8. The number of imide groups is 2. The molecule has 0 saturated carbocycles. The number of amides is 6. The number of hydrogen-bond acceptors (Lipinski definition) is 20. The fraction of sp³-hybridized carbons (Fsp3) is 0.381. The van der Waals surface area contributed by atoms with Gasteiger partial charge in [-0.25, -0.2) is 19.2 Å². The second-order valence-electron chi connectivity index (χ2n) is 21.5. The molecule has 4 aliphatic rings. The van der Waals surface area contributed by atoms with Gasteiger partial charge in [0.05, 0.1) is 80.3 Å². The van der Waals surface area contributed by atoms with Crippen molar-refractivity contribution in [1.82, 2.24) is 45.0 Å². The van der Waals surface area contributed by atoms with Gasteiger partial charge in [-0.05, 0) is 91.8 Å². The van der Waals surface area contributed by atoms with Crippen molar-refractivity contribution < 1.29 is 66.7 Å². The largest absolute Gasteiger partial charge is 0.491 e. The Labute approximate surface area is 524 Å². The maximum atomic E-state index is 15.2. The van der Waals surface area contributed by atoms with Crippen molar-refractivity contribution in [2.75, 3.05) is 95.7 Å². The van der Waals surface area contributed by atoms with Crippen molar-refractivity contribution in [2.24, 2.45) is 0 Å². The fourth-order valence-corrected chi connectivity index (χ4v) is 12.9. The van der Waals surface area contributed by atoms with Crippen LogP contribution in [0.1, 0.15) is 101 Å². The highest BCUT2D eigenvalue weighted by molar-refractivity contribution is 7.22. The van der Waals surface area contributed by atoms with Crippen LogP contribution >= 0.6 is 22.7 Å². The van der Waals surface area contributed by atoms with Gasteiger partial charge in [-0.1, -0.05) is 58.7 Å². The third-order valence-corrected chi connectivity index (χ3v) is 17.6. The number of aromatic carboxylic acids is 1. The van der Waals surface area contributed by atoms with Crippen molar-refractivity contribution in [1.29, 1.82) is 0 Å². The van der Waals surface area contributed by atoms with Crippen molar-refractivity contribution in [2.45, 2.75) is 70.7 Å². The summed E-state index contributed by atoms with van der Waals surface area (Å²) in [4.78, 5) is 106. The third-order valence-electron chi connectivity index (χ3n) is 15.5. The summed E-state index contributed by atoms with van der Waals surface area (Å²) in [6, 6.07) is 21.5. The van der Waals surface area contributed by atoms with Gasteiger partial charge in [0, 0.05) is 74.7 Å². The van der Waals surface area contributed by atoms with Crippen LogP contribution in [0.5, 0.6) is 11.5 Å². The van der Waals surface area contributed by atoms with E-state index in [4.69, 9.17) is 23.7 Å². The average Bonchev–Trinajstić information content (AvgIpc) is 1.87. The third kappa shape index (κ3) is 15.3. The van der Waals surface area contributed by atoms with Gasteiger partial charge < -0.3 is 38.6 Å². The first-order valence-corrected chi connectivity index (χ1v) is 31.2.